The van der Waals surface area contributed by atoms with Crippen LogP contribution in [-0.2, 0) is 6.42 Å². The summed E-state index contributed by atoms with van der Waals surface area (Å²) in [6.07, 6.45) is 2.69. The van der Waals surface area contributed by atoms with E-state index < -0.39 is 0 Å². The molecule has 1 rings (SSSR count). The lowest BCUT2D eigenvalue weighted by Gasteiger charge is -2.17. The third kappa shape index (κ3) is 5.28. The lowest BCUT2D eigenvalue weighted by Crippen LogP contribution is -2.38. The summed E-state index contributed by atoms with van der Waals surface area (Å²) in [5, 5.41) is 6.72. The molecule has 1 aromatic rings. The fraction of sp³-hybridized carbons (Fsp3) is 0.769. The van der Waals surface area contributed by atoms with Gasteiger partial charge in [0.25, 0.3) is 0 Å². The Morgan fingerprint density at radius 1 is 1.47 bits per heavy atom. The molecule has 6 nitrogen and oxygen atoms in total. The van der Waals surface area contributed by atoms with Crippen LogP contribution in [0.4, 0.5) is 4.79 Å². The summed E-state index contributed by atoms with van der Waals surface area (Å²) in [6.45, 7) is 7.41. The third-order valence-corrected chi connectivity index (χ3v) is 2.80. The monoisotopic (exact) mass is 268 g/mol. The van der Waals surface area contributed by atoms with Crippen LogP contribution in [0.2, 0.25) is 0 Å². The van der Waals surface area contributed by atoms with Crippen LogP contribution in [0.25, 0.3) is 0 Å². The second-order valence-electron chi connectivity index (χ2n) is 4.96. The Morgan fingerprint density at radius 3 is 2.79 bits per heavy atom. The second kappa shape index (κ2) is 7.76. The molecule has 0 bridgehead atoms. The first-order chi connectivity index (χ1) is 9.04. The van der Waals surface area contributed by atoms with E-state index in [1.54, 1.807) is 11.9 Å². The van der Waals surface area contributed by atoms with Gasteiger partial charge < -0.3 is 14.7 Å². The number of amides is 2. The number of carbonyl (C=O) groups excluding carboxylic acids is 1. The maximum Gasteiger partial charge on any atom is 0.317 e. The van der Waals surface area contributed by atoms with E-state index >= 15 is 0 Å². The smallest absolute Gasteiger partial charge is 0.317 e. The molecule has 0 atom stereocenters. The van der Waals surface area contributed by atoms with E-state index in [-0.39, 0.29) is 11.9 Å². The number of urea groups is 1. The van der Waals surface area contributed by atoms with Crippen molar-refractivity contribution in [3.63, 3.8) is 0 Å². The normalized spacial score (nSPS) is 10.8. The number of hydrogen-bond acceptors (Lipinski definition) is 4. The third-order valence-electron chi connectivity index (χ3n) is 2.80. The van der Waals surface area contributed by atoms with Gasteiger partial charge in [0.05, 0.1) is 0 Å². The zero-order valence-corrected chi connectivity index (χ0v) is 12.3. The molecule has 1 aromatic heterocycles. The molecule has 0 aliphatic heterocycles. The van der Waals surface area contributed by atoms with Crippen LogP contribution < -0.4 is 5.32 Å². The van der Waals surface area contributed by atoms with Gasteiger partial charge in [-0.1, -0.05) is 32.3 Å². The number of unbranched alkanes of at least 4 members (excludes halogenated alkanes) is 1. The van der Waals surface area contributed by atoms with Crippen molar-refractivity contribution in [3.8, 4) is 0 Å². The topological polar surface area (TPSA) is 71.3 Å². The van der Waals surface area contributed by atoms with E-state index in [2.05, 4.69) is 22.4 Å². The van der Waals surface area contributed by atoms with Gasteiger partial charge >= 0.3 is 6.03 Å². The average Bonchev–Trinajstić information content (AvgIpc) is 2.84. The van der Waals surface area contributed by atoms with Gasteiger partial charge in [0.2, 0.25) is 5.89 Å². The highest BCUT2D eigenvalue weighted by molar-refractivity contribution is 5.73. The number of carbonyl (C=O) groups is 1. The molecule has 6 heteroatoms. The summed E-state index contributed by atoms with van der Waals surface area (Å²) < 4.78 is 5.10. The molecule has 0 saturated carbocycles. The Bertz CT molecular complexity index is 390. The summed E-state index contributed by atoms with van der Waals surface area (Å²) in [5.74, 6) is 1.51. The van der Waals surface area contributed by atoms with Crippen LogP contribution >= 0.6 is 0 Å². The van der Waals surface area contributed by atoms with Gasteiger partial charge in [-0.2, -0.15) is 4.98 Å². The molecular formula is C13H24N4O2. The second-order valence-corrected chi connectivity index (χ2v) is 4.96. The molecule has 1 heterocycles. The maximum atomic E-state index is 11.7. The van der Waals surface area contributed by atoms with Crippen LogP contribution in [0.5, 0.6) is 0 Å². The molecule has 0 aliphatic rings. The van der Waals surface area contributed by atoms with Gasteiger partial charge in [0, 0.05) is 32.5 Å². The van der Waals surface area contributed by atoms with Gasteiger partial charge in [-0.25, -0.2) is 4.79 Å². The molecule has 19 heavy (non-hydrogen) atoms. The van der Waals surface area contributed by atoms with Crippen molar-refractivity contribution in [3.05, 3.63) is 11.7 Å². The Labute approximate surface area is 114 Å². The molecule has 108 valence electrons. The molecule has 0 saturated heterocycles. The van der Waals surface area contributed by atoms with Gasteiger partial charge in [0.15, 0.2) is 5.82 Å². The minimum absolute atomic E-state index is 0.0546. The van der Waals surface area contributed by atoms with Crippen LogP contribution in [-0.4, -0.2) is 41.2 Å². The SMILES string of the molecule is CCCCN(C)C(=O)NCCc1noc(C(C)C)n1. The van der Waals surface area contributed by atoms with Crippen molar-refractivity contribution in [2.75, 3.05) is 20.1 Å². The first kappa shape index (κ1) is 15.5. The number of hydrogen-bond donors (Lipinski definition) is 1. The molecule has 0 fully saturated rings. The molecule has 0 spiro atoms. The number of aromatic nitrogens is 2. The molecule has 0 aliphatic carbocycles. The van der Waals surface area contributed by atoms with E-state index in [4.69, 9.17) is 4.52 Å². The van der Waals surface area contributed by atoms with Gasteiger partial charge in [-0.05, 0) is 6.42 Å². The number of rotatable bonds is 7. The summed E-state index contributed by atoms with van der Waals surface area (Å²) in [4.78, 5) is 17.7. The van der Waals surface area contributed by atoms with Crippen molar-refractivity contribution < 1.29 is 9.32 Å². The summed E-state index contributed by atoms with van der Waals surface area (Å²) in [7, 11) is 1.80. The zero-order chi connectivity index (χ0) is 14.3. The summed E-state index contributed by atoms with van der Waals surface area (Å²) in [5.41, 5.74) is 0. The summed E-state index contributed by atoms with van der Waals surface area (Å²) >= 11 is 0. The van der Waals surface area contributed by atoms with Crippen LogP contribution in [0.3, 0.4) is 0 Å². The highest BCUT2D eigenvalue weighted by Gasteiger charge is 2.11. The zero-order valence-electron chi connectivity index (χ0n) is 12.3. The standard InChI is InChI=1S/C13H24N4O2/c1-5-6-9-17(4)13(18)14-8-7-11-15-12(10(2)3)19-16-11/h10H,5-9H2,1-4H3,(H,14,18). The van der Waals surface area contributed by atoms with Crippen molar-refractivity contribution in [1.29, 1.82) is 0 Å². The summed E-state index contributed by atoms with van der Waals surface area (Å²) in [6, 6.07) is -0.0546. The quantitative estimate of drug-likeness (QED) is 0.822. The highest BCUT2D eigenvalue weighted by Crippen LogP contribution is 2.10. The Morgan fingerprint density at radius 2 is 2.21 bits per heavy atom. The fourth-order valence-corrected chi connectivity index (χ4v) is 1.52. The first-order valence-corrected chi connectivity index (χ1v) is 6.86. The molecule has 0 aromatic carbocycles. The van der Waals surface area contributed by atoms with Crippen molar-refractivity contribution in [2.45, 2.75) is 46.0 Å². The number of nitrogens with one attached hydrogen (secondary N) is 1. The Balaban J connectivity index is 2.27. The van der Waals surface area contributed by atoms with Gasteiger partial charge in [0.1, 0.15) is 0 Å². The van der Waals surface area contributed by atoms with E-state index in [0.717, 1.165) is 19.4 Å². The lowest BCUT2D eigenvalue weighted by atomic mass is 10.2. The van der Waals surface area contributed by atoms with E-state index in [1.807, 2.05) is 13.8 Å². The minimum Gasteiger partial charge on any atom is -0.339 e. The van der Waals surface area contributed by atoms with E-state index in [9.17, 15) is 4.79 Å². The minimum atomic E-state index is -0.0546. The molecule has 0 unspecified atom stereocenters. The van der Waals surface area contributed by atoms with Crippen LogP contribution in [0, 0.1) is 0 Å². The average molecular weight is 268 g/mol. The van der Waals surface area contributed by atoms with E-state index in [0.29, 0.717) is 24.7 Å². The molecule has 1 N–H and O–H groups in total. The Hall–Kier alpha value is -1.59. The van der Waals surface area contributed by atoms with Crippen molar-refractivity contribution in [2.24, 2.45) is 0 Å². The van der Waals surface area contributed by atoms with Gasteiger partial charge in [-0.3, -0.25) is 0 Å². The van der Waals surface area contributed by atoms with Gasteiger partial charge in [-0.15, -0.1) is 0 Å². The molecule has 2 amide bonds. The van der Waals surface area contributed by atoms with Crippen LogP contribution in [0.15, 0.2) is 4.52 Å². The van der Waals surface area contributed by atoms with E-state index in [1.165, 1.54) is 0 Å². The fourth-order valence-electron chi connectivity index (χ4n) is 1.52. The predicted octanol–water partition coefficient (Wildman–Crippen LogP) is 2.18. The first-order valence-electron chi connectivity index (χ1n) is 6.86. The van der Waals surface area contributed by atoms with Crippen LogP contribution in [0.1, 0.15) is 51.2 Å². The molecule has 0 radical (unpaired) electrons. The largest absolute Gasteiger partial charge is 0.339 e. The molecular weight excluding hydrogens is 244 g/mol. The predicted molar refractivity (Wildman–Crippen MR) is 73.0 cm³/mol. The van der Waals surface area contributed by atoms with Crippen molar-refractivity contribution >= 4 is 6.03 Å². The number of nitrogens with zero attached hydrogens (tertiary/aromatic N) is 3. The maximum absolute atomic E-state index is 11.7. The highest BCUT2D eigenvalue weighted by atomic mass is 16.5. The lowest BCUT2D eigenvalue weighted by molar-refractivity contribution is 0.208. The Kier molecular flexibility index (Phi) is 6.32. The van der Waals surface area contributed by atoms with Crippen molar-refractivity contribution in [1.82, 2.24) is 20.4 Å².